The SMILES string of the molecule is OC(Br)(C(Br)(Br)Br)C(Br)(Br)C(Br)(Br)C(Br)(Br)C(Br)(Br)Br. The summed E-state index contributed by atoms with van der Waals surface area (Å²) < 4.78 is -6.50. The molecular weight excluding hydrogens is 1130 g/mol. The fourth-order valence-electron chi connectivity index (χ4n) is 0.761. The molecule has 14 heteroatoms. The fourth-order valence-corrected chi connectivity index (χ4v) is 10.6. The topological polar surface area (TPSA) is 20.2 Å². The molecule has 1 N–H and O–H groups in total. The summed E-state index contributed by atoms with van der Waals surface area (Å²) >= 11 is 44.9. The maximum atomic E-state index is 10.9. The average molecular weight is 1130 g/mol. The van der Waals surface area contributed by atoms with Gasteiger partial charge in [0.2, 0.25) is 0 Å². The van der Waals surface area contributed by atoms with Gasteiger partial charge in [-0.3, -0.25) is 0 Å². The second-order valence-electron chi connectivity index (χ2n) is 3.34. The maximum Gasteiger partial charge on any atom is 0.181 e. The van der Waals surface area contributed by atoms with Gasteiger partial charge in [0, 0.05) is 0 Å². The third kappa shape index (κ3) is 4.97. The van der Waals surface area contributed by atoms with Crippen molar-refractivity contribution in [3.63, 3.8) is 0 Å². The van der Waals surface area contributed by atoms with Crippen LogP contribution in [0.25, 0.3) is 0 Å². The normalized spacial score (nSPS) is 18.9. The Balaban J connectivity index is 6.08. The Labute approximate surface area is 226 Å². The van der Waals surface area contributed by atoms with Crippen molar-refractivity contribution in [1.82, 2.24) is 0 Å². The molecule has 0 amide bonds. The smallest absolute Gasteiger partial charge is 0.181 e. The zero-order valence-electron chi connectivity index (χ0n) is 8.36. The van der Waals surface area contributed by atoms with Crippen molar-refractivity contribution in [2.75, 3.05) is 0 Å². The minimum absolute atomic E-state index is 0.781. The van der Waals surface area contributed by atoms with E-state index in [4.69, 9.17) is 0 Å². The van der Waals surface area contributed by atoms with E-state index in [-0.39, 0.29) is 0 Å². The zero-order valence-corrected chi connectivity index (χ0v) is 29.0. The molecule has 0 spiro atoms. The number of hydrogen-bond donors (Lipinski definition) is 1. The third-order valence-corrected chi connectivity index (χ3v) is 23.8. The van der Waals surface area contributed by atoms with Gasteiger partial charge in [0.25, 0.3) is 0 Å². The Morgan fingerprint density at radius 2 is 0.700 bits per heavy atom. The highest BCUT2D eigenvalue weighted by Gasteiger charge is 2.73. The highest BCUT2D eigenvalue weighted by atomic mass is 80.0. The van der Waals surface area contributed by atoms with Gasteiger partial charge >= 0.3 is 0 Å². The molecule has 20 heavy (non-hydrogen) atoms. The minimum Gasteiger partial charge on any atom is -0.373 e. The van der Waals surface area contributed by atoms with E-state index in [1.165, 1.54) is 0 Å². The summed E-state index contributed by atoms with van der Waals surface area (Å²) in [6.45, 7) is 0. The Morgan fingerprint density at radius 3 is 0.900 bits per heavy atom. The molecule has 0 saturated carbocycles. The van der Waals surface area contributed by atoms with Crippen molar-refractivity contribution in [1.29, 1.82) is 0 Å². The van der Waals surface area contributed by atoms with Crippen LogP contribution >= 0.6 is 207 Å². The molecule has 0 radical (unpaired) electrons. The van der Waals surface area contributed by atoms with E-state index >= 15 is 0 Å². The molecule has 0 aromatic heterocycles. The quantitative estimate of drug-likeness (QED) is 0.280. The highest BCUT2D eigenvalue weighted by molar-refractivity contribution is 9.42. The summed E-state index contributed by atoms with van der Waals surface area (Å²) in [5.41, 5.74) is 0. The highest BCUT2D eigenvalue weighted by Crippen LogP contribution is 2.73. The number of hydrogen-bond acceptors (Lipinski definition) is 1. The molecule has 0 rings (SSSR count). The lowest BCUT2D eigenvalue weighted by Crippen LogP contribution is -2.64. The Bertz CT molecular complexity index is 324. The Kier molecular flexibility index (Phi) is 10.9. The standard InChI is InChI=1S/C6HBr13O/c7-1(8,3(11,12)5(14,15)16)2(9,10)4(13,20)6(17,18)19/h20H. The maximum absolute atomic E-state index is 10.9. The van der Waals surface area contributed by atoms with Crippen molar-refractivity contribution >= 4 is 207 Å². The van der Waals surface area contributed by atoms with E-state index in [1.54, 1.807) is 0 Å². The van der Waals surface area contributed by atoms with Crippen LogP contribution in [0, 0.1) is 0 Å². The van der Waals surface area contributed by atoms with Gasteiger partial charge in [0.05, 0.1) is 0 Å². The summed E-state index contributed by atoms with van der Waals surface area (Å²) in [5, 5.41) is 10.9. The molecule has 0 aliphatic carbocycles. The molecule has 0 heterocycles. The van der Waals surface area contributed by atoms with Crippen LogP contribution in [0.5, 0.6) is 0 Å². The van der Waals surface area contributed by atoms with Gasteiger partial charge < -0.3 is 5.11 Å². The van der Waals surface area contributed by atoms with E-state index in [1.807, 2.05) is 0 Å². The van der Waals surface area contributed by atoms with Gasteiger partial charge in [-0.15, -0.1) is 0 Å². The van der Waals surface area contributed by atoms with Crippen molar-refractivity contribution in [3.05, 3.63) is 0 Å². The van der Waals surface area contributed by atoms with Crippen molar-refractivity contribution in [2.24, 2.45) is 0 Å². The monoisotopic (exact) mass is 1110 g/mol. The molecule has 1 atom stereocenters. The molecule has 0 aliphatic heterocycles. The summed E-state index contributed by atoms with van der Waals surface area (Å²) in [5.74, 6) is 0. The number of rotatable bonds is 3. The largest absolute Gasteiger partial charge is 0.373 e. The van der Waals surface area contributed by atoms with E-state index < -0.39 is 18.5 Å². The summed E-state index contributed by atoms with van der Waals surface area (Å²) in [4.78, 5) is 0. The molecule has 0 fully saturated rings. The van der Waals surface area contributed by atoms with Crippen molar-refractivity contribution in [2.45, 2.75) is 18.5 Å². The third-order valence-electron chi connectivity index (χ3n) is 1.94. The number of halogens is 13. The van der Waals surface area contributed by atoms with Gasteiger partial charge in [0.15, 0.2) is 8.80 Å². The first-order chi connectivity index (χ1) is 8.25. The predicted molar refractivity (Wildman–Crippen MR) is 135 cm³/mol. The number of aliphatic hydroxyl groups is 1. The molecule has 0 aromatic rings. The summed E-state index contributed by atoms with van der Waals surface area (Å²) in [6.07, 6.45) is 0. The van der Waals surface area contributed by atoms with Gasteiger partial charge in [-0.05, 0) is 15.9 Å². The first kappa shape index (κ1) is 26.2. The first-order valence-corrected chi connectivity index (χ1v) is 14.2. The molecule has 122 valence electrons. The van der Waals surface area contributed by atoms with E-state index in [9.17, 15) is 5.11 Å². The molecule has 0 saturated heterocycles. The summed E-state index contributed by atoms with van der Waals surface area (Å²) in [6, 6.07) is 0. The van der Waals surface area contributed by atoms with Gasteiger partial charge in [0.1, 0.15) is 9.70 Å². The lowest BCUT2D eigenvalue weighted by molar-refractivity contribution is 0.146. The van der Waals surface area contributed by atoms with Crippen LogP contribution in [0.2, 0.25) is 0 Å². The molecule has 1 unspecified atom stereocenters. The number of alkyl halides is 13. The van der Waals surface area contributed by atoms with Crippen LogP contribution in [-0.2, 0) is 0 Å². The van der Waals surface area contributed by atoms with E-state index in [2.05, 4.69) is 207 Å². The molecule has 0 bridgehead atoms. The second-order valence-corrected chi connectivity index (χ2v) is 28.3. The first-order valence-electron chi connectivity index (χ1n) is 3.93. The molecule has 0 aromatic carbocycles. The fraction of sp³-hybridized carbons (Fsp3) is 1.00. The predicted octanol–water partition coefficient (Wildman–Crippen LogP) is 9.21. The van der Waals surface area contributed by atoms with Crippen LogP contribution in [0.1, 0.15) is 0 Å². The second kappa shape index (κ2) is 8.29. The van der Waals surface area contributed by atoms with Crippen LogP contribution in [-0.4, -0.2) is 23.6 Å². The summed E-state index contributed by atoms with van der Waals surface area (Å²) in [7, 11) is 0. The van der Waals surface area contributed by atoms with Gasteiger partial charge in [-0.2, -0.15) is 0 Å². The van der Waals surface area contributed by atoms with Crippen molar-refractivity contribution in [3.8, 4) is 0 Å². The molecule has 0 aliphatic rings. The van der Waals surface area contributed by atoms with Crippen molar-refractivity contribution < 1.29 is 5.11 Å². The zero-order chi connectivity index (χ0) is 17.0. The lowest BCUT2D eigenvalue weighted by Gasteiger charge is -2.52. The van der Waals surface area contributed by atoms with Gasteiger partial charge in [-0.25, -0.2) is 0 Å². The van der Waals surface area contributed by atoms with E-state index in [0.29, 0.717) is 0 Å². The Hall–Kier alpha value is 6.20. The van der Waals surface area contributed by atoms with Crippen LogP contribution in [0.4, 0.5) is 0 Å². The van der Waals surface area contributed by atoms with Crippen LogP contribution < -0.4 is 0 Å². The van der Waals surface area contributed by atoms with Crippen LogP contribution in [0.3, 0.4) is 0 Å². The average Bonchev–Trinajstić information content (AvgIpc) is 2.12. The van der Waals surface area contributed by atoms with Gasteiger partial charge in [-0.1, -0.05) is 191 Å². The van der Waals surface area contributed by atoms with E-state index in [0.717, 1.165) is 0 Å². The molecule has 1 nitrogen and oxygen atoms in total. The minimum atomic E-state index is -1.58. The lowest BCUT2D eigenvalue weighted by atomic mass is 10.1. The molecular formula is C6HBr13O. The Morgan fingerprint density at radius 1 is 0.400 bits per heavy atom. The van der Waals surface area contributed by atoms with Crippen LogP contribution in [0.15, 0.2) is 0 Å².